The van der Waals surface area contributed by atoms with E-state index in [2.05, 4.69) is 10.6 Å². The van der Waals surface area contributed by atoms with Gasteiger partial charge in [-0.2, -0.15) is 5.26 Å². The Morgan fingerprint density at radius 1 is 1.45 bits per heavy atom. The smallest absolute Gasteiger partial charge is 0.328 e. The molecular formula is C12H12ClN3O4. The number of anilines is 1. The summed E-state index contributed by atoms with van der Waals surface area (Å²) >= 11 is 5.84. The molecule has 0 spiro atoms. The van der Waals surface area contributed by atoms with Crippen LogP contribution in [0.2, 0.25) is 5.02 Å². The fourth-order valence-electron chi connectivity index (χ4n) is 1.38. The van der Waals surface area contributed by atoms with Crippen LogP contribution in [0.25, 0.3) is 0 Å². The standard InChI is InChI=1S/C12H12ClN3O4/c1-6(17)10(11(18)19)16-12(20)15-9-4-7(5-14)2-3-8(9)13/h2-4,6,10,17H,1H3,(H,18,19)(H2,15,16,20). The molecule has 0 aliphatic carbocycles. The fourth-order valence-corrected chi connectivity index (χ4v) is 1.54. The van der Waals surface area contributed by atoms with E-state index in [0.29, 0.717) is 0 Å². The lowest BCUT2D eigenvalue weighted by Gasteiger charge is -2.17. The van der Waals surface area contributed by atoms with Crippen LogP contribution in [0.5, 0.6) is 0 Å². The van der Waals surface area contributed by atoms with E-state index >= 15 is 0 Å². The van der Waals surface area contributed by atoms with Gasteiger partial charge in [0, 0.05) is 0 Å². The molecule has 0 heterocycles. The molecule has 1 aromatic carbocycles. The van der Waals surface area contributed by atoms with Crippen LogP contribution in [-0.2, 0) is 4.79 Å². The maximum absolute atomic E-state index is 11.6. The third-order valence-corrected chi connectivity index (χ3v) is 2.71. The summed E-state index contributed by atoms with van der Waals surface area (Å²) in [5.74, 6) is -1.37. The number of rotatable bonds is 4. The topological polar surface area (TPSA) is 122 Å². The summed E-state index contributed by atoms with van der Waals surface area (Å²) in [4.78, 5) is 22.5. The maximum Gasteiger partial charge on any atom is 0.328 e. The van der Waals surface area contributed by atoms with E-state index in [4.69, 9.17) is 22.0 Å². The third-order valence-electron chi connectivity index (χ3n) is 2.38. The number of nitrogens with zero attached hydrogens (tertiary/aromatic N) is 1. The van der Waals surface area contributed by atoms with Crippen LogP contribution >= 0.6 is 11.6 Å². The quantitative estimate of drug-likeness (QED) is 0.664. The van der Waals surface area contributed by atoms with E-state index < -0.39 is 24.1 Å². The second-order valence-corrected chi connectivity index (χ2v) is 4.37. The number of aliphatic carboxylic acids is 1. The van der Waals surface area contributed by atoms with Gasteiger partial charge >= 0.3 is 12.0 Å². The van der Waals surface area contributed by atoms with Crippen LogP contribution in [-0.4, -0.2) is 34.4 Å². The van der Waals surface area contributed by atoms with Gasteiger partial charge in [0.25, 0.3) is 0 Å². The SMILES string of the molecule is CC(O)C(NC(=O)Nc1cc(C#N)ccc1Cl)C(=O)O. The first-order chi connectivity index (χ1) is 9.35. The van der Waals surface area contributed by atoms with E-state index in [1.165, 1.54) is 25.1 Å². The zero-order valence-electron chi connectivity index (χ0n) is 10.4. The number of carboxylic acids is 1. The molecule has 4 N–H and O–H groups in total. The summed E-state index contributed by atoms with van der Waals surface area (Å²) in [5, 5.41) is 31.4. The molecule has 0 saturated carbocycles. The molecule has 0 aliphatic heterocycles. The lowest BCUT2D eigenvalue weighted by atomic mass is 10.2. The van der Waals surface area contributed by atoms with Crippen LogP contribution in [0.3, 0.4) is 0 Å². The Labute approximate surface area is 119 Å². The van der Waals surface area contributed by atoms with Crippen molar-refractivity contribution in [3.05, 3.63) is 28.8 Å². The molecule has 8 heteroatoms. The second-order valence-electron chi connectivity index (χ2n) is 3.96. The summed E-state index contributed by atoms with van der Waals surface area (Å²) in [7, 11) is 0. The molecule has 20 heavy (non-hydrogen) atoms. The van der Waals surface area contributed by atoms with Crippen molar-refractivity contribution < 1.29 is 19.8 Å². The Bertz CT molecular complexity index is 568. The van der Waals surface area contributed by atoms with Crippen molar-refractivity contribution in [2.45, 2.75) is 19.1 Å². The molecule has 0 radical (unpaired) electrons. The van der Waals surface area contributed by atoms with Gasteiger partial charge in [0.05, 0.1) is 28.4 Å². The number of nitriles is 1. The Hall–Kier alpha value is -2.30. The highest BCUT2D eigenvalue weighted by molar-refractivity contribution is 6.33. The van der Waals surface area contributed by atoms with Crippen molar-refractivity contribution >= 4 is 29.3 Å². The van der Waals surface area contributed by atoms with Gasteiger partial charge in [-0.05, 0) is 25.1 Å². The largest absolute Gasteiger partial charge is 0.480 e. The maximum atomic E-state index is 11.6. The van der Waals surface area contributed by atoms with Gasteiger partial charge in [-0.3, -0.25) is 0 Å². The number of carboxylic acid groups (broad SMARTS) is 1. The van der Waals surface area contributed by atoms with Crippen LogP contribution in [0.15, 0.2) is 18.2 Å². The molecule has 0 fully saturated rings. The lowest BCUT2D eigenvalue weighted by Crippen LogP contribution is -2.49. The first-order valence-electron chi connectivity index (χ1n) is 5.53. The number of halogens is 1. The van der Waals surface area contributed by atoms with Crippen LogP contribution in [0, 0.1) is 11.3 Å². The molecule has 2 unspecified atom stereocenters. The molecule has 2 atom stereocenters. The van der Waals surface area contributed by atoms with E-state index in [0.717, 1.165) is 0 Å². The normalized spacial score (nSPS) is 12.9. The molecule has 0 bridgehead atoms. The number of urea groups is 1. The van der Waals surface area contributed by atoms with Gasteiger partial charge in [-0.1, -0.05) is 11.6 Å². The van der Waals surface area contributed by atoms with Crippen molar-refractivity contribution in [2.24, 2.45) is 0 Å². The minimum absolute atomic E-state index is 0.165. The van der Waals surface area contributed by atoms with Crippen molar-refractivity contribution in [3.63, 3.8) is 0 Å². The Morgan fingerprint density at radius 2 is 2.10 bits per heavy atom. The zero-order chi connectivity index (χ0) is 15.3. The van der Waals surface area contributed by atoms with Gasteiger partial charge in [0.1, 0.15) is 0 Å². The number of hydrogen-bond donors (Lipinski definition) is 4. The van der Waals surface area contributed by atoms with Crippen LogP contribution in [0.1, 0.15) is 12.5 Å². The van der Waals surface area contributed by atoms with E-state index in [-0.39, 0.29) is 16.3 Å². The molecule has 0 saturated heterocycles. The molecule has 1 aromatic rings. The predicted molar refractivity (Wildman–Crippen MR) is 71.4 cm³/mol. The molecule has 0 aromatic heterocycles. The van der Waals surface area contributed by atoms with Gasteiger partial charge in [0.2, 0.25) is 0 Å². The number of hydrogen-bond acceptors (Lipinski definition) is 4. The van der Waals surface area contributed by atoms with Gasteiger partial charge in [0.15, 0.2) is 6.04 Å². The number of carbonyl (C=O) groups is 2. The minimum Gasteiger partial charge on any atom is -0.480 e. The summed E-state index contributed by atoms with van der Waals surface area (Å²) in [6.45, 7) is 1.24. The first-order valence-corrected chi connectivity index (χ1v) is 5.91. The average Bonchev–Trinajstić information content (AvgIpc) is 2.37. The van der Waals surface area contributed by atoms with E-state index in [1.807, 2.05) is 6.07 Å². The highest BCUT2D eigenvalue weighted by Crippen LogP contribution is 2.22. The zero-order valence-corrected chi connectivity index (χ0v) is 11.2. The number of amides is 2. The third kappa shape index (κ3) is 4.12. The summed E-state index contributed by atoms with van der Waals surface area (Å²) < 4.78 is 0. The fraction of sp³-hybridized carbons (Fsp3) is 0.250. The van der Waals surface area contributed by atoms with Crippen LogP contribution in [0.4, 0.5) is 10.5 Å². The number of aliphatic hydroxyl groups excluding tert-OH is 1. The lowest BCUT2D eigenvalue weighted by molar-refractivity contribution is -0.141. The minimum atomic E-state index is -1.45. The first kappa shape index (κ1) is 15.8. The molecular weight excluding hydrogens is 286 g/mol. The molecule has 7 nitrogen and oxygen atoms in total. The van der Waals surface area contributed by atoms with Crippen molar-refractivity contribution in [3.8, 4) is 6.07 Å². The molecule has 1 rings (SSSR count). The molecule has 0 aliphatic rings. The molecule has 106 valence electrons. The van der Waals surface area contributed by atoms with Gasteiger partial charge < -0.3 is 20.8 Å². The van der Waals surface area contributed by atoms with E-state index in [9.17, 15) is 14.7 Å². The monoisotopic (exact) mass is 297 g/mol. The summed E-state index contributed by atoms with van der Waals surface area (Å²) in [6.07, 6.45) is -1.26. The predicted octanol–water partition coefficient (Wildman–Crippen LogP) is 1.17. The Morgan fingerprint density at radius 3 is 2.60 bits per heavy atom. The summed E-state index contributed by atoms with van der Waals surface area (Å²) in [5.41, 5.74) is 0.452. The summed E-state index contributed by atoms with van der Waals surface area (Å²) in [6, 6.07) is 3.83. The number of benzene rings is 1. The molecule has 2 amide bonds. The van der Waals surface area contributed by atoms with Crippen molar-refractivity contribution in [1.82, 2.24) is 5.32 Å². The second kappa shape index (κ2) is 6.75. The van der Waals surface area contributed by atoms with E-state index in [1.54, 1.807) is 0 Å². The number of carbonyl (C=O) groups excluding carboxylic acids is 1. The Kier molecular flexibility index (Phi) is 5.32. The highest BCUT2D eigenvalue weighted by Gasteiger charge is 2.25. The van der Waals surface area contributed by atoms with Gasteiger partial charge in [-0.15, -0.1) is 0 Å². The van der Waals surface area contributed by atoms with Crippen molar-refractivity contribution in [2.75, 3.05) is 5.32 Å². The van der Waals surface area contributed by atoms with Gasteiger partial charge in [-0.25, -0.2) is 9.59 Å². The Balaban J connectivity index is 2.81. The number of aliphatic hydroxyl groups is 1. The highest BCUT2D eigenvalue weighted by atomic mass is 35.5. The van der Waals surface area contributed by atoms with Crippen molar-refractivity contribution in [1.29, 1.82) is 5.26 Å². The number of nitrogens with one attached hydrogen (secondary N) is 2. The van der Waals surface area contributed by atoms with Crippen LogP contribution < -0.4 is 10.6 Å². The average molecular weight is 298 g/mol.